The predicted molar refractivity (Wildman–Crippen MR) is 81.7 cm³/mol. The zero-order valence-electron chi connectivity index (χ0n) is 11.9. The number of thioether (sulfide) groups is 1. The molecule has 1 aromatic rings. The minimum absolute atomic E-state index is 0.0543. The molecule has 2 N–H and O–H groups in total. The number of hydrogen-bond acceptors (Lipinski definition) is 3. The second-order valence-corrected chi connectivity index (χ2v) is 6.29. The van der Waals surface area contributed by atoms with E-state index in [1.807, 2.05) is 44.2 Å². The number of hydrogen-bond donors (Lipinski definition) is 2. The van der Waals surface area contributed by atoms with Crippen LogP contribution in [0.4, 0.5) is 0 Å². The lowest BCUT2D eigenvalue weighted by Gasteiger charge is -2.25. The summed E-state index contributed by atoms with van der Waals surface area (Å²) in [5.74, 6) is 0.280. The van der Waals surface area contributed by atoms with Crippen molar-refractivity contribution in [2.45, 2.75) is 38.0 Å². The third-order valence-electron chi connectivity index (χ3n) is 2.79. The maximum absolute atomic E-state index is 11.8. The van der Waals surface area contributed by atoms with Crippen LogP contribution in [0.3, 0.4) is 0 Å². The van der Waals surface area contributed by atoms with Crippen molar-refractivity contribution in [2.75, 3.05) is 5.75 Å². The van der Waals surface area contributed by atoms with Gasteiger partial charge in [0.05, 0.1) is 5.75 Å². The van der Waals surface area contributed by atoms with Gasteiger partial charge in [-0.1, -0.05) is 30.3 Å². The Morgan fingerprint density at radius 1 is 1.25 bits per heavy atom. The Bertz CT molecular complexity index is 446. The van der Waals surface area contributed by atoms with E-state index in [4.69, 9.17) is 5.11 Å². The summed E-state index contributed by atoms with van der Waals surface area (Å²) in [6.07, 6.45) is 0.488. The van der Waals surface area contributed by atoms with Crippen LogP contribution >= 0.6 is 11.8 Å². The molecule has 110 valence electrons. The first-order valence-corrected chi connectivity index (χ1v) is 7.69. The van der Waals surface area contributed by atoms with E-state index in [1.54, 1.807) is 11.8 Å². The van der Waals surface area contributed by atoms with Gasteiger partial charge in [-0.3, -0.25) is 9.59 Å². The fourth-order valence-electron chi connectivity index (χ4n) is 1.73. The number of carbonyl (C=O) groups is 2. The molecule has 20 heavy (non-hydrogen) atoms. The Balaban J connectivity index is 2.27. The van der Waals surface area contributed by atoms with E-state index < -0.39 is 11.5 Å². The van der Waals surface area contributed by atoms with Gasteiger partial charge < -0.3 is 10.4 Å². The van der Waals surface area contributed by atoms with Crippen LogP contribution in [0.25, 0.3) is 0 Å². The van der Waals surface area contributed by atoms with Gasteiger partial charge in [0.15, 0.2) is 0 Å². The van der Waals surface area contributed by atoms with Crippen molar-refractivity contribution in [3.05, 3.63) is 35.9 Å². The summed E-state index contributed by atoms with van der Waals surface area (Å²) < 4.78 is 0. The van der Waals surface area contributed by atoms with Crippen molar-refractivity contribution in [3.63, 3.8) is 0 Å². The first-order chi connectivity index (χ1) is 9.39. The highest BCUT2D eigenvalue weighted by Crippen LogP contribution is 2.14. The number of amides is 1. The van der Waals surface area contributed by atoms with E-state index in [0.29, 0.717) is 12.2 Å². The van der Waals surface area contributed by atoms with Crippen LogP contribution in [0.15, 0.2) is 30.3 Å². The summed E-state index contributed by atoms with van der Waals surface area (Å²) in [6, 6.07) is 9.98. The molecule has 0 saturated carbocycles. The minimum atomic E-state index is -0.842. The van der Waals surface area contributed by atoms with Crippen LogP contribution in [0, 0.1) is 0 Å². The van der Waals surface area contributed by atoms with Gasteiger partial charge in [-0.15, -0.1) is 11.8 Å². The highest BCUT2D eigenvalue weighted by molar-refractivity contribution is 7.99. The lowest BCUT2D eigenvalue weighted by Crippen LogP contribution is -2.44. The largest absolute Gasteiger partial charge is 0.481 e. The predicted octanol–water partition coefficient (Wildman–Crippen LogP) is 2.68. The van der Waals surface area contributed by atoms with Crippen LogP contribution < -0.4 is 5.32 Å². The molecule has 0 bridgehead atoms. The lowest BCUT2D eigenvalue weighted by molar-refractivity contribution is -0.137. The van der Waals surface area contributed by atoms with Crippen LogP contribution in [0.2, 0.25) is 0 Å². The van der Waals surface area contributed by atoms with Crippen molar-refractivity contribution >= 4 is 23.6 Å². The number of benzene rings is 1. The van der Waals surface area contributed by atoms with Gasteiger partial charge in [-0.05, 0) is 25.8 Å². The number of nitrogens with one attached hydrogen (secondary N) is 1. The standard InChI is InChI=1S/C15H21NO3S/c1-15(2,9-8-14(18)19)16-13(17)11-20-10-12-6-4-3-5-7-12/h3-7H,8-11H2,1-2H3,(H,16,17)(H,18,19). The number of rotatable bonds is 8. The quantitative estimate of drug-likeness (QED) is 0.774. The Kier molecular flexibility index (Phi) is 6.58. The number of carboxylic acids is 1. The molecule has 0 heterocycles. The second kappa shape index (κ2) is 7.94. The van der Waals surface area contributed by atoms with Crippen LogP contribution in [0.5, 0.6) is 0 Å². The Morgan fingerprint density at radius 2 is 1.90 bits per heavy atom. The normalized spacial score (nSPS) is 11.1. The van der Waals surface area contributed by atoms with Gasteiger partial charge in [0.25, 0.3) is 0 Å². The number of aliphatic carboxylic acids is 1. The molecule has 0 aliphatic heterocycles. The van der Waals surface area contributed by atoms with E-state index in [2.05, 4.69) is 5.32 Å². The topological polar surface area (TPSA) is 66.4 Å². The highest BCUT2D eigenvalue weighted by atomic mass is 32.2. The Morgan fingerprint density at radius 3 is 2.50 bits per heavy atom. The summed E-state index contributed by atoms with van der Waals surface area (Å²) in [6.45, 7) is 3.69. The molecule has 0 atom stereocenters. The molecule has 1 rings (SSSR count). The molecule has 5 heteroatoms. The molecule has 0 fully saturated rings. The highest BCUT2D eigenvalue weighted by Gasteiger charge is 2.21. The molecule has 1 amide bonds. The lowest BCUT2D eigenvalue weighted by atomic mass is 9.98. The fraction of sp³-hybridized carbons (Fsp3) is 0.467. The molecular weight excluding hydrogens is 274 g/mol. The fourth-order valence-corrected chi connectivity index (χ4v) is 2.52. The Labute approximate surface area is 124 Å². The summed E-state index contributed by atoms with van der Waals surface area (Å²) in [5.41, 5.74) is 0.707. The van der Waals surface area contributed by atoms with E-state index in [1.165, 1.54) is 5.56 Å². The van der Waals surface area contributed by atoms with Gasteiger partial charge in [0.2, 0.25) is 5.91 Å². The zero-order valence-corrected chi connectivity index (χ0v) is 12.7. The van der Waals surface area contributed by atoms with Crippen molar-refractivity contribution in [2.24, 2.45) is 0 Å². The van der Waals surface area contributed by atoms with Crippen LogP contribution in [0.1, 0.15) is 32.3 Å². The SMILES string of the molecule is CC(C)(CCC(=O)O)NC(=O)CSCc1ccccc1. The third-order valence-corrected chi connectivity index (χ3v) is 3.79. The van der Waals surface area contributed by atoms with Gasteiger partial charge >= 0.3 is 5.97 Å². The van der Waals surface area contributed by atoms with Crippen LogP contribution in [-0.2, 0) is 15.3 Å². The van der Waals surface area contributed by atoms with Crippen molar-refractivity contribution in [1.29, 1.82) is 0 Å². The van der Waals surface area contributed by atoms with Crippen LogP contribution in [-0.4, -0.2) is 28.3 Å². The molecule has 1 aromatic carbocycles. The van der Waals surface area contributed by atoms with Gasteiger partial charge in [-0.25, -0.2) is 0 Å². The average Bonchev–Trinajstić information content (AvgIpc) is 2.37. The van der Waals surface area contributed by atoms with Gasteiger partial charge in [0, 0.05) is 17.7 Å². The van der Waals surface area contributed by atoms with E-state index in [9.17, 15) is 9.59 Å². The van der Waals surface area contributed by atoms with E-state index in [-0.39, 0.29) is 12.3 Å². The first-order valence-electron chi connectivity index (χ1n) is 6.53. The molecule has 0 spiro atoms. The van der Waals surface area contributed by atoms with Crippen molar-refractivity contribution < 1.29 is 14.7 Å². The van der Waals surface area contributed by atoms with E-state index >= 15 is 0 Å². The molecular formula is C15H21NO3S. The van der Waals surface area contributed by atoms with E-state index in [0.717, 1.165) is 5.75 Å². The molecule has 0 aliphatic rings. The number of carboxylic acid groups (broad SMARTS) is 1. The second-order valence-electron chi connectivity index (χ2n) is 5.30. The number of carbonyl (C=O) groups excluding carboxylic acids is 1. The average molecular weight is 295 g/mol. The summed E-state index contributed by atoms with van der Waals surface area (Å²) in [7, 11) is 0. The smallest absolute Gasteiger partial charge is 0.303 e. The molecule has 0 aromatic heterocycles. The summed E-state index contributed by atoms with van der Waals surface area (Å²) in [5, 5.41) is 11.5. The third kappa shape index (κ3) is 7.19. The molecule has 0 radical (unpaired) electrons. The summed E-state index contributed by atoms with van der Waals surface area (Å²) >= 11 is 1.55. The molecule has 0 unspecified atom stereocenters. The zero-order chi connectivity index (χ0) is 15.0. The first kappa shape index (κ1) is 16.6. The molecule has 4 nitrogen and oxygen atoms in total. The van der Waals surface area contributed by atoms with Crippen molar-refractivity contribution in [3.8, 4) is 0 Å². The Hall–Kier alpha value is -1.49. The van der Waals surface area contributed by atoms with Crippen molar-refractivity contribution in [1.82, 2.24) is 5.32 Å². The molecule has 0 saturated heterocycles. The summed E-state index contributed by atoms with van der Waals surface area (Å²) in [4.78, 5) is 22.4. The minimum Gasteiger partial charge on any atom is -0.481 e. The van der Waals surface area contributed by atoms with Gasteiger partial charge in [0.1, 0.15) is 0 Å². The monoisotopic (exact) mass is 295 g/mol. The maximum atomic E-state index is 11.8. The maximum Gasteiger partial charge on any atom is 0.303 e. The van der Waals surface area contributed by atoms with Gasteiger partial charge in [-0.2, -0.15) is 0 Å². The molecule has 0 aliphatic carbocycles.